The molecule has 0 radical (unpaired) electrons. The SMILES string of the molecule is Cl/C=C/CN1CC2(CCCC2)NCC1c1ccccc1. The molecule has 1 spiro atoms. The van der Waals surface area contributed by atoms with Crippen molar-refractivity contribution in [3.05, 3.63) is 47.5 Å². The summed E-state index contributed by atoms with van der Waals surface area (Å²) in [6.45, 7) is 3.11. The molecule has 3 heteroatoms. The van der Waals surface area contributed by atoms with Gasteiger partial charge >= 0.3 is 0 Å². The smallest absolute Gasteiger partial charge is 0.0476 e. The molecule has 108 valence electrons. The zero-order valence-corrected chi connectivity index (χ0v) is 12.6. The van der Waals surface area contributed by atoms with Gasteiger partial charge in [-0.2, -0.15) is 0 Å². The van der Waals surface area contributed by atoms with E-state index in [0.29, 0.717) is 11.6 Å². The fourth-order valence-corrected chi connectivity index (χ4v) is 3.83. The molecule has 1 aliphatic heterocycles. The van der Waals surface area contributed by atoms with E-state index in [1.54, 1.807) is 5.54 Å². The molecule has 1 unspecified atom stereocenters. The molecule has 2 aliphatic rings. The van der Waals surface area contributed by atoms with Crippen LogP contribution in [-0.2, 0) is 0 Å². The van der Waals surface area contributed by atoms with Crippen LogP contribution in [-0.4, -0.2) is 30.1 Å². The quantitative estimate of drug-likeness (QED) is 0.913. The maximum Gasteiger partial charge on any atom is 0.0476 e. The van der Waals surface area contributed by atoms with Crippen molar-refractivity contribution in [3.8, 4) is 0 Å². The molecular weight excluding hydrogens is 268 g/mol. The first kappa shape index (κ1) is 14.1. The molecule has 1 N–H and O–H groups in total. The first-order valence-electron chi connectivity index (χ1n) is 7.62. The highest BCUT2D eigenvalue weighted by atomic mass is 35.5. The van der Waals surface area contributed by atoms with Crippen LogP contribution in [0, 0.1) is 0 Å². The van der Waals surface area contributed by atoms with E-state index in [4.69, 9.17) is 11.6 Å². The first-order chi connectivity index (χ1) is 9.83. The lowest BCUT2D eigenvalue weighted by Crippen LogP contribution is -2.59. The third-order valence-corrected chi connectivity index (χ3v) is 4.97. The number of halogens is 1. The van der Waals surface area contributed by atoms with Crippen LogP contribution in [0.5, 0.6) is 0 Å². The predicted octanol–water partition coefficient (Wildman–Crippen LogP) is 3.70. The van der Waals surface area contributed by atoms with E-state index in [9.17, 15) is 0 Å². The molecule has 1 heterocycles. The minimum absolute atomic E-state index is 0.353. The Balaban J connectivity index is 1.79. The van der Waals surface area contributed by atoms with Gasteiger partial charge in [-0.15, -0.1) is 0 Å². The van der Waals surface area contributed by atoms with Crippen LogP contribution in [0.2, 0.25) is 0 Å². The summed E-state index contributed by atoms with van der Waals surface area (Å²) < 4.78 is 0. The number of hydrogen-bond donors (Lipinski definition) is 1. The molecular formula is C17H23ClN2. The van der Waals surface area contributed by atoms with E-state index < -0.39 is 0 Å². The molecule has 1 saturated carbocycles. The average Bonchev–Trinajstić information content (AvgIpc) is 2.94. The van der Waals surface area contributed by atoms with Gasteiger partial charge in [0, 0.05) is 36.8 Å². The van der Waals surface area contributed by atoms with Crippen molar-refractivity contribution >= 4 is 11.6 Å². The van der Waals surface area contributed by atoms with Crippen molar-refractivity contribution in [1.82, 2.24) is 10.2 Å². The third kappa shape index (κ3) is 2.93. The Hall–Kier alpha value is -0.830. The normalized spacial score (nSPS) is 26.6. The summed E-state index contributed by atoms with van der Waals surface area (Å²) in [5.74, 6) is 0. The first-order valence-corrected chi connectivity index (χ1v) is 8.06. The highest BCUT2D eigenvalue weighted by Gasteiger charge is 2.40. The molecule has 1 aliphatic carbocycles. The second-order valence-electron chi connectivity index (χ2n) is 6.09. The third-order valence-electron chi connectivity index (χ3n) is 4.79. The van der Waals surface area contributed by atoms with Gasteiger partial charge in [-0.3, -0.25) is 4.90 Å². The van der Waals surface area contributed by atoms with E-state index in [-0.39, 0.29) is 0 Å². The summed E-state index contributed by atoms with van der Waals surface area (Å²) in [5, 5.41) is 3.85. The van der Waals surface area contributed by atoms with E-state index in [1.807, 2.05) is 0 Å². The summed E-state index contributed by atoms with van der Waals surface area (Å²) in [6.07, 6.45) is 7.42. The molecule has 2 nitrogen and oxygen atoms in total. The van der Waals surface area contributed by atoms with Crippen molar-refractivity contribution in [2.45, 2.75) is 37.3 Å². The zero-order chi connectivity index (χ0) is 13.8. The monoisotopic (exact) mass is 290 g/mol. The van der Waals surface area contributed by atoms with Crippen molar-refractivity contribution in [1.29, 1.82) is 0 Å². The lowest BCUT2D eigenvalue weighted by Gasteiger charge is -2.46. The fourth-order valence-electron chi connectivity index (χ4n) is 3.75. The van der Waals surface area contributed by atoms with Gasteiger partial charge in [-0.25, -0.2) is 0 Å². The molecule has 1 aromatic carbocycles. The van der Waals surface area contributed by atoms with Gasteiger partial charge in [-0.1, -0.05) is 60.9 Å². The Morgan fingerprint density at radius 2 is 2.00 bits per heavy atom. The number of nitrogens with zero attached hydrogens (tertiary/aromatic N) is 1. The molecule has 0 amide bonds. The zero-order valence-electron chi connectivity index (χ0n) is 11.9. The molecule has 20 heavy (non-hydrogen) atoms. The fraction of sp³-hybridized carbons (Fsp3) is 0.529. The highest BCUT2D eigenvalue weighted by molar-refractivity contribution is 6.25. The molecule has 2 fully saturated rings. The average molecular weight is 291 g/mol. The van der Waals surface area contributed by atoms with Crippen molar-refractivity contribution in [2.75, 3.05) is 19.6 Å². The summed E-state index contributed by atoms with van der Waals surface area (Å²) in [6, 6.07) is 11.3. The molecule has 3 rings (SSSR count). The summed E-state index contributed by atoms with van der Waals surface area (Å²) in [7, 11) is 0. The number of nitrogens with one attached hydrogen (secondary N) is 1. The summed E-state index contributed by atoms with van der Waals surface area (Å²) in [5.41, 5.74) is 3.40. The van der Waals surface area contributed by atoms with Crippen LogP contribution in [0.4, 0.5) is 0 Å². The van der Waals surface area contributed by atoms with Gasteiger partial charge in [-0.05, 0) is 18.4 Å². The molecule has 1 saturated heterocycles. The van der Waals surface area contributed by atoms with Crippen LogP contribution in [0.25, 0.3) is 0 Å². The van der Waals surface area contributed by atoms with E-state index in [1.165, 1.54) is 31.2 Å². The van der Waals surface area contributed by atoms with E-state index in [0.717, 1.165) is 19.6 Å². The van der Waals surface area contributed by atoms with Gasteiger partial charge in [0.25, 0.3) is 0 Å². The van der Waals surface area contributed by atoms with Gasteiger partial charge in [0.15, 0.2) is 0 Å². The number of rotatable bonds is 3. The highest BCUT2D eigenvalue weighted by Crippen LogP contribution is 2.36. The summed E-state index contributed by atoms with van der Waals surface area (Å²) in [4.78, 5) is 2.58. The van der Waals surface area contributed by atoms with Crippen molar-refractivity contribution in [3.63, 3.8) is 0 Å². The molecule has 1 aromatic rings. The van der Waals surface area contributed by atoms with E-state index >= 15 is 0 Å². The number of piperazine rings is 1. The maximum atomic E-state index is 5.74. The second kappa shape index (κ2) is 6.30. The lowest BCUT2D eigenvalue weighted by atomic mass is 9.90. The Bertz CT molecular complexity index is 451. The Labute approximate surface area is 126 Å². The minimum atomic E-state index is 0.353. The molecule has 0 bridgehead atoms. The van der Waals surface area contributed by atoms with Gasteiger partial charge in [0.2, 0.25) is 0 Å². The van der Waals surface area contributed by atoms with Crippen LogP contribution >= 0.6 is 11.6 Å². The number of benzene rings is 1. The Morgan fingerprint density at radius 3 is 2.70 bits per heavy atom. The standard InChI is InChI=1S/C17H23ClN2/c18-11-6-12-20-14-17(9-4-5-10-17)19-13-16(20)15-7-2-1-3-8-15/h1-3,6-8,11,16,19H,4-5,9-10,12-14H2/b11-6+. The van der Waals surface area contributed by atoms with Gasteiger partial charge in [0.05, 0.1) is 0 Å². The minimum Gasteiger partial charge on any atom is -0.308 e. The van der Waals surface area contributed by atoms with Gasteiger partial charge in [0.1, 0.15) is 0 Å². The molecule has 1 atom stereocenters. The lowest BCUT2D eigenvalue weighted by molar-refractivity contribution is 0.0914. The van der Waals surface area contributed by atoms with Crippen molar-refractivity contribution in [2.24, 2.45) is 0 Å². The van der Waals surface area contributed by atoms with Crippen molar-refractivity contribution < 1.29 is 0 Å². The summed E-state index contributed by atoms with van der Waals surface area (Å²) >= 11 is 5.74. The maximum absolute atomic E-state index is 5.74. The predicted molar refractivity (Wildman–Crippen MR) is 85.0 cm³/mol. The van der Waals surface area contributed by atoms with Gasteiger partial charge < -0.3 is 5.32 Å². The Morgan fingerprint density at radius 1 is 1.25 bits per heavy atom. The van der Waals surface area contributed by atoms with Crippen LogP contribution in [0.3, 0.4) is 0 Å². The van der Waals surface area contributed by atoms with E-state index in [2.05, 4.69) is 46.6 Å². The Kier molecular flexibility index (Phi) is 4.45. The largest absolute Gasteiger partial charge is 0.308 e. The molecule has 0 aromatic heterocycles. The van der Waals surface area contributed by atoms with Crippen LogP contribution in [0.1, 0.15) is 37.3 Å². The van der Waals surface area contributed by atoms with Crippen LogP contribution in [0.15, 0.2) is 41.9 Å². The number of hydrogen-bond acceptors (Lipinski definition) is 2. The van der Waals surface area contributed by atoms with Crippen LogP contribution < -0.4 is 5.32 Å². The second-order valence-corrected chi connectivity index (χ2v) is 6.34. The topological polar surface area (TPSA) is 15.3 Å².